The summed E-state index contributed by atoms with van der Waals surface area (Å²) in [6.07, 6.45) is 3.58. The number of piperidine rings is 1. The van der Waals surface area contributed by atoms with Crippen LogP contribution in [0.4, 0.5) is 10.2 Å². The fourth-order valence-electron chi connectivity index (χ4n) is 4.69. The van der Waals surface area contributed by atoms with Gasteiger partial charge in [0.15, 0.2) is 0 Å². The van der Waals surface area contributed by atoms with Gasteiger partial charge in [-0.25, -0.2) is 17.5 Å². The molecule has 0 N–H and O–H groups in total. The van der Waals surface area contributed by atoms with Crippen molar-refractivity contribution in [3.8, 4) is 0 Å². The molecule has 0 atom stereocenters. The van der Waals surface area contributed by atoms with Crippen LogP contribution in [0.5, 0.6) is 0 Å². The maximum absolute atomic E-state index is 14.1. The summed E-state index contributed by atoms with van der Waals surface area (Å²) in [5, 5.41) is 4.69. The molecule has 30 heavy (non-hydrogen) atoms. The zero-order valence-electron chi connectivity index (χ0n) is 16.9. The first-order valence-electron chi connectivity index (χ1n) is 10.4. The fourth-order valence-corrected chi connectivity index (χ4v) is 6.19. The van der Waals surface area contributed by atoms with Gasteiger partial charge in [0.05, 0.1) is 17.7 Å². The van der Waals surface area contributed by atoms with E-state index < -0.39 is 21.4 Å². The van der Waals surface area contributed by atoms with E-state index in [1.54, 1.807) is 0 Å². The van der Waals surface area contributed by atoms with Crippen LogP contribution in [0.15, 0.2) is 35.2 Å². The van der Waals surface area contributed by atoms with Gasteiger partial charge in [0.2, 0.25) is 15.9 Å². The normalized spacial score (nSPS) is 21.8. The van der Waals surface area contributed by atoms with Crippen LogP contribution >= 0.6 is 0 Å². The van der Waals surface area contributed by atoms with E-state index in [1.807, 2.05) is 22.6 Å². The summed E-state index contributed by atoms with van der Waals surface area (Å²) in [5.74, 6) is 0.728. The van der Waals surface area contributed by atoms with Crippen molar-refractivity contribution in [1.29, 1.82) is 0 Å². The first-order chi connectivity index (χ1) is 14.3. The van der Waals surface area contributed by atoms with Gasteiger partial charge in [-0.15, -0.1) is 0 Å². The van der Waals surface area contributed by atoms with E-state index in [0.717, 1.165) is 37.0 Å². The van der Waals surface area contributed by atoms with Crippen LogP contribution in [0.25, 0.3) is 0 Å². The number of aryl methyl sites for hydroxylation is 1. The van der Waals surface area contributed by atoms with E-state index in [9.17, 15) is 17.6 Å². The van der Waals surface area contributed by atoms with Crippen molar-refractivity contribution in [2.24, 2.45) is 5.92 Å². The molecule has 1 amide bonds. The quantitative estimate of drug-likeness (QED) is 0.744. The molecule has 3 aliphatic rings. The third-order valence-corrected chi connectivity index (χ3v) is 8.50. The number of hydrogen-bond acceptors (Lipinski definition) is 4. The molecule has 5 rings (SSSR count). The van der Waals surface area contributed by atoms with Gasteiger partial charge in [-0.1, -0.05) is 12.1 Å². The number of fused-ring (bicyclic) bond motifs is 2. The molecular weight excluding hydrogens is 407 g/mol. The Kier molecular flexibility index (Phi) is 4.52. The van der Waals surface area contributed by atoms with Gasteiger partial charge in [0.1, 0.15) is 16.5 Å². The molecule has 9 heteroatoms. The molecule has 2 aromatic rings. The molecule has 1 spiro atoms. The lowest BCUT2D eigenvalue weighted by Crippen LogP contribution is -2.55. The molecule has 3 heterocycles. The van der Waals surface area contributed by atoms with Crippen molar-refractivity contribution in [2.75, 3.05) is 24.5 Å². The van der Waals surface area contributed by atoms with Gasteiger partial charge in [0.25, 0.3) is 0 Å². The molecule has 2 fully saturated rings. The van der Waals surface area contributed by atoms with Gasteiger partial charge in [0, 0.05) is 25.7 Å². The number of nitrogens with zero attached hydrogens (tertiary/aromatic N) is 4. The number of sulfonamides is 1. The van der Waals surface area contributed by atoms with Crippen molar-refractivity contribution in [3.05, 3.63) is 41.8 Å². The SMILES string of the molecule is Cc1cc2n(n1)C1(CCN(S(=O)(=O)c3ccccc3F)CC1)CC(=O)N2CC1CC1. The number of carbonyl (C=O) groups excluding carboxylic acids is 1. The second kappa shape index (κ2) is 6.88. The standard InChI is InChI=1S/C21H25FN4O3S/c1-15-12-19-25(14-16-6-7-16)20(27)13-21(26(19)23-15)8-10-24(11-9-21)30(28,29)18-5-3-2-4-17(18)22/h2-5,12,16H,6-11,13-14H2,1H3. The van der Waals surface area contributed by atoms with E-state index in [1.165, 1.54) is 22.5 Å². The Balaban J connectivity index is 1.42. The highest BCUT2D eigenvalue weighted by molar-refractivity contribution is 7.89. The zero-order valence-corrected chi connectivity index (χ0v) is 17.7. The highest BCUT2D eigenvalue weighted by Crippen LogP contribution is 2.43. The van der Waals surface area contributed by atoms with Crippen LogP contribution in [0.1, 0.15) is 37.8 Å². The average Bonchev–Trinajstić information content (AvgIpc) is 3.44. The summed E-state index contributed by atoms with van der Waals surface area (Å²) < 4.78 is 43.3. The monoisotopic (exact) mass is 432 g/mol. The van der Waals surface area contributed by atoms with Gasteiger partial charge >= 0.3 is 0 Å². The lowest BCUT2D eigenvalue weighted by Gasteiger charge is -2.46. The third-order valence-electron chi connectivity index (χ3n) is 6.57. The molecule has 160 valence electrons. The summed E-state index contributed by atoms with van der Waals surface area (Å²) >= 11 is 0. The van der Waals surface area contributed by atoms with Crippen molar-refractivity contribution >= 4 is 21.7 Å². The van der Waals surface area contributed by atoms with Gasteiger partial charge in [-0.2, -0.15) is 9.40 Å². The van der Waals surface area contributed by atoms with E-state index in [-0.39, 0.29) is 23.9 Å². The van der Waals surface area contributed by atoms with E-state index in [4.69, 9.17) is 5.10 Å². The topological polar surface area (TPSA) is 75.5 Å². The largest absolute Gasteiger partial charge is 0.297 e. The predicted octanol–water partition coefficient (Wildman–Crippen LogP) is 2.66. The molecule has 0 radical (unpaired) electrons. The second-order valence-electron chi connectivity index (χ2n) is 8.74. The van der Waals surface area contributed by atoms with Crippen molar-refractivity contribution in [3.63, 3.8) is 0 Å². The Labute approximate surface area is 175 Å². The molecule has 1 aliphatic carbocycles. The smallest absolute Gasteiger partial charge is 0.245 e. The van der Waals surface area contributed by atoms with Crippen LogP contribution in [-0.2, 0) is 20.4 Å². The van der Waals surface area contributed by atoms with Gasteiger partial charge in [-0.3, -0.25) is 9.69 Å². The summed E-state index contributed by atoms with van der Waals surface area (Å²) in [6, 6.07) is 7.40. The number of rotatable bonds is 4. The number of carbonyl (C=O) groups is 1. The average molecular weight is 433 g/mol. The van der Waals surface area contributed by atoms with Crippen molar-refractivity contribution < 1.29 is 17.6 Å². The molecule has 1 aromatic heterocycles. The molecule has 7 nitrogen and oxygen atoms in total. The summed E-state index contributed by atoms with van der Waals surface area (Å²) in [4.78, 5) is 14.6. The first kappa shape index (κ1) is 19.7. The number of benzene rings is 1. The molecule has 0 bridgehead atoms. The van der Waals surface area contributed by atoms with Crippen LogP contribution < -0.4 is 4.90 Å². The first-order valence-corrected chi connectivity index (χ1v) is 11.9. The number of anilines is 1. The Bertz CT molecular complexity index is 1100. The molecule has 1 saturated carbocycles. The van der Waals surface area contributed by atoms with E-state index in [0.29, 0.717) is 25.2 Å². The molecule has 1 aromatic carbocycles. The van der Waals surface area contributed by atoms with Crippen LogP contribution in [0.2, 0.25) is 0 Å². The Morgan fingerprint density at radius 1 is 1.20 bits per heavy atom. The van der Waals surface area contributed by atoms with Gasteiger partial charge in [-0.05, 0) is 50.7 Å². The predicted molar refractivity (Wildman–Crippen MR) is 109 cm³/mol. The molecular formula is C21H25FN4O3S. The maximum atomic E-state index is 14.1. The van der Waals surface area contributed by atoms with Gasteiger partial charge < -0.3 is 0 Å². The zero-order chi connectivity index (χ0) is 21.1. The molecule has 1 saturated heterocycles. The van der Waals surface area contributed by atoms with Crippen molar-refractivity contribution in [2.45, 2.75) is 49.5 Å². The van der Waals surface area contributed by atoms with Crippen LogP contribution in [-0.4, -0.2) is 48.0 Å². The maximum Gasteiger partial charge on any atom is 0.245 e. The fraction of sp³-hybridized carbons (Fsp3) is 0.524. The lowest BCUT2D eigenvalue weighted by molar-refractivity contribution is -0.122. The lowest BCUT2D eigenvalue weighted by atomic mass is 9.83. The Morgan fingerprint density at radius 3 is 2.57 bits per heavy atom. The minimum absolute atomic E-state index is 0.0831. The minimum Gasteiger partial charge on any atom is -0.297 e. The minimum atomic E-state index is -3.92. The molecule has 0 unspecified atom stereocenters. The number of hydrogen-bond donors (Lipinski definition) is 0. The van der Waals surface area contributed by atoms with E-state index >= 15 is 0 Å². The van der Waals surface area contributed by atoms with Crippen LogP contribution in [0, 0.1) is 18.7 Å². The number of amides is 1. The summed E-state index contributed by atoms with van der Waals surface area (Å²) in [6.45, 7) is 3.10. The number of aromatic nitrogens is 2. The highest BCUT2D eigenvalue weighted by Gasteiger charge is 2.48. The third kappa shape index (κ3) is 3.15. The van der Waals surface area contributed by atoms with E-state index in [2.05, 4.69) is 0 Å². The number of halogens is 1. The van der Waals surface area contributed by atoms with Crippen molar-refractivity contribution in [1.82, 2.24) is 14.1 Å². The van der Waals surface area contributed by atoms with Crippen LogP contribution in [0.3, 0.4) is 0 Å². The Morgan fingerprint density at radius 2 is 1.90 bits per heavy atom. The Hall–Kier alpha value is -2.26. The summed E-state index contributed by atoms with van der Waals surface area (Å²) in [5.41, 5.74) is 0.323. The summed E-state index contributed by atoms with van der Waals surface area (Å²) in [7, 11) is -3.92. The highest BCUT2D eigenvalue weighted by atomic mass is 32.2. The second-order valence-corrected chi connectivity index (χ2v) is 10.6. The molecule has 2 aliphatic heterocycles.